The Morgan fingerprint density at radius 2 is 1.58 bits per heavy atom. The largest absolute Gasteiger partial charge is 0.463 e. The summed E-state index contributed by atoms with van der Waals surface area (Å²) in [5.74, 6) is -0.811. The number of likely N-dealkylation sites (N-methyl/N-ethyl adjacent to an activating group) is 2. The van der Waals surface area contributed by atoms with E-state index in [1.54, 1.807) is 38.9 Å². The molecule has 0 fully saturated rings. The molecule has 2 N–H and O–H groups in total. The van der Waals surface area contributed by atoms with Gasteiger partial charge < -0.3 is 20.3 Å². The van der Waals surface area contributed by atoms with Crippen molar-refractivity contribution in [2.45, 2.75) is 85.9 Å². The van der Waals surface area contributed by atoms with Gasteiger partial charge in [-0.2, -0.15) is 0 Å². The fourth-order valence-corrected chi connectivity index (χ4v) is 4.40. The summed E-state index contributed by atoms with van der Waals surface area (Å²) in [4.78, 5) is 41.2. The number of nitrogens with zero attached hydrogens (tertiary/aromatic N) is 1. The van der Waals surface area contributed by atoms with E-state index in [-0.39, 0.29) is 30.4 Å². The first-order valence-corrected chi connectivity index (χ1v) is 12.7. The molecule has 0 aromatic heterocycles. The lowest BCUT2D eigenvalue weighted by atomic mass is 9.76. The second-order valence-electron chi connectivity index (χ2n) is 11.4. The Morgan fingerprint density at radius 1 is 1.03 bits per heavy atom. The maximum absolute atomic E-state index is 13.8. The molecule has 0 saturated heterocycles. The Kier molecular flexibility index (Phi) is 11.4. The minimum absolute atomic E-state index is 0.0433. The zero-order valence-electron chi connectivity index (χ0n) is 24.1. The Balaban J connectivity index is 3.28. The lowest BCUT2D eigenvalue weighted by molar-refractivity contribution is -0.141. The molecule has 1 aromatic rings. The normalized spacial score (nSPS) is 15.2. The Bertz CT molecular complexity index is 916. The van der Waals surface area contributed by atoms with E-state index >= 15 is 0 Å². The fraction of sp³-hybridized carbons (Fsp3) is 0.621. The van der Waals surface area contributed by atoms with Crippen molar-refractivity contribution in [1.82, 2.24) is 15.5 Å². The zero-order chi connectivity index (χ0) is 27.8. The molecule has 0 saturated carbocycles. The van der Waals surface area contributed by atoms with Crippen LogP contribution in [0.2, 0.25) is 0 Å². The quantitative estimate of drug-likeness (QED) is 0.352. The fourth-order valence-electron chi connectivity index (χ4n) is 4.40. The third kappa shape index (κ3) is 7.92. The van der Waals surface area contributed by atoms with E-state index in [2.05, 4.69) is 10.6 Å². The van der Waals surface area contributed by atoms with Gasteiger partial charge in [-0.05, 0) is 37.8 Å². The van der Waals surface area contributed by atoms with Crippen LogP contribution in [-0.2, 0) is 24.5 Å². The van der Waals surface area contributed by atoms with Crippen LogP contribution in [0.4, 0.5) is 0 Å². The molecule has 7 nitrogen and oxygen atoms in total. The number of benzene rings is 1. The highest BCUT2D eigenvalue weighted by atomic mass is 16.5. The lowest BCUT2D eigenvalue weighted by Gasteiger charge is -2.40. The summed E-state index contributed by atoms with van der Waals surface area (Å²) in [6.07, 6.45) is 1.77. The molecular formula is C29H47N3O4. The first-order chi connectivity index (χ1) is 16.6. The molecule has 2 amide bonds. The summed E-state index contributed by atoms with van der Waals surface area (Å²) < 4.78 is 5.11. The van der Waals surface area contributed by atoms with Gasteiger partial charge in [0.2, 0.25) is 11.8 Å². The monoisotopic (exact) mass is 501 g/mol. The van der Waals surface area contributed by atoms with Gasteiger partial charge in [0.15, 0.2) is 0 Å². The first-order valence-electron chi connectivity index (χ1n) is 12.7. The Morgan fingerprint density at radius 3 is 2.03 bits per heavy atom. The van der Waals surface area contributed by atoms with Crippen LogP contribution < -0.4 is 10.6 Å². The second-order valence-corrected chi connectivity index (χ2v) is 11.4. The average Bonchev–Trinajstić information content (AvgIpc) is 2.80. The van der Waals surface area contributed by atoms with Gasteiger partial charge in [-0.1, -0.05) is 84.9 Å². The second kappa shape index (κ2) is 13.0. The van der Waals surface area contributed by atoms with Crippen LogP contribution in [0.15, 0.2) is 42.0 Å². The number of nitrogens with one attached hydrogen (secondary N) is 2. The first kappa shape index (κ1) is 31.4. The average molecular weight is 502 g/mol. The summed E-state index contributed by atoms with van der Waals surface area (Å²) in [5.41, 5.74) is 0.413. The molecule has 0 aliphatic carbocycles. The molecule has 3 atom stereocenters. The highest BCUT2D eigenvalue weighted by Gasteiger charge is 2.41. The Hall–Kier alpha value is -2.67. The summed E-state index contributed by atoms with van der Waals surface area (Å²) in [6, 6.07) is 8.19. The predicted octanol–water partition coefficient (Wildman–Crippen LogP) is 4.08. The number of esters is 1. The number of carbonyl (C=O) groups is 3. The molecule has 0 bridgehead atoms. The standard InChI is InChI=1S/C29H47N3O4/c1-12-36-27(35)20(4)18-22(19(2)3)32(11)26(34)24(28(5,6)7)31-25(33)23(30-10)29(8,9)21-16-14-13-15-17-21/h13-19,22-24,30H,12H2,1-11H3,(H,31,33)/t22-,23+,24+/m0/s1. The highest BCUT2D eigenvalue weighted by Crippen LogP contribution is 2.29. The summed E-state index contributed by atoms with van der Waals surface area (Å²) >= 11 is 0. The van der Waals surface area contributed by atoms with E-state index in [1.807, 2.05) is 78.8 Å². The predicted molar refractivity (Wildman–Crippen MR) is 145 cm³/mol. The van der Waals surface area contributed by atoms with Crippen molar-refractivity contribution >= 4 is 17.8 Å². The van der Waals surface area contributed by atoms with Gasteiger partial charge in [-0.25, -0.2) is 4.79 Å². The third-order valence-corrected chi connectivity index (χ3v) is 6.69. The molecule has 0 radical (unpaired) electrons. The van der Waals surface area contributed by atoms with Gasteiger partial charge in [0.05, 0.1) is 18.7 Å². The molecule has 7 heteroatoms. The summed E-state index contributed by atoms with van der Waals surface area (Å²) in [5, 5.41) is 6.21. The third-order valence-electron chi connectivity index (χ3n) is 6.69. The van der Waals surface area contributed by atoms with Gasteiger partial charge in [0, 0.05) is 18.0 Å². The minimum atomic E-state index is -0.769. The van der Waals surface area contributed by atoms with E-state index in [9.17, 15) is 14.4 Å². The van der Waals surface area contributed by atoms with Crippen molar-refractivity contribution in [2.75, 3.05) is 20.7 Å². The maximum atomic E-state index is 13.8. The maximum Gasteiger partial charge on any atom is 0.333 e. The van der Waals surface area contributed by atoms with E-state index in [0.717, 1.165) is 5.56 Å². The lowest BCUT2D eigenvalue weighted by Crippen LogP contribution is -2.61. The van der Waals surface area contributed by atoms with E-state index in [4.69, 9.17) is 4.74 Å². The molecule has 0 heterocycles. The van der Waals surface area contributed by atoms with E-state index in [0.29, 0.717) is 5.57 Å². The molecular weight excluding hydrogens is 454 g/mol. The number of rotatable bonds is 11. The van der Waals surface area contributed by atoms with Crippen molar-refractivity contribution in [2.24, 2.45) is 11.3 Å². The van der Waals surface area contributed by atoms with Crippen LogP contribution in [0.25, 0.3) is 0 Å². The van der Waals surface area contributed by atoms with Crippen LogP contribution in [0, 0.1) is 11.3 Å². The zero-order valence-corrected chi connectivity index (χ0v) is 24.1. The van der Waals surface area contributed by atoms with Crippen LogP contribution in [0.3, 0.4) is 0 Å². The van der Waals surface area contributed by atoms with Gasteiger partial charge in [-0.15, -0.1) is 0 Å². The summed E-state index contributed by atoms with van der Waals surface area (Å²) in [7, 11) is 3.48. The number of hydrogen-bond acceptors (Lipinski definition) is 5. The smallest absolute Gasteiger partial charge is 0.333 e. The van der Waals surface area contributed by atoms with Crippen molar-refractivity contribution in [3.05, 3.63) is 47.5 Å². The molecule has 202 valence electrons. The van der Waals surface area contributed by atoms with Crippen LogP contribution in [0.5, 0.6) is 0 Å². The van der Waals surface area contributed by atoms with Gasteiger partial charge in [-0.3, -0.25) is 9.59 Å². The van der Waals surface area contributed by atoms with Crippen molar-refractivity contribution < 1.29 is 19.1 Å². The molecule has 0 aliphatic heterocycles. The van der Waals surface area contributed by atoms with Crippen LogP contribution in [0.1, 0.15) is 67.9 Å². The molecule has 0 unspecified atom stereocenters. The molecule has 1 aromatic carbocycles. The Labute approximate surface area is 218 Å². The molecule has 0 spiro atoms. The minimum Gasteiger partial charge on any atom is -0.463 e. The number of carbonyl (C=O) groups excluding carboxylic acids is 3. The number of amides is 2. The number of ether oxygens (including phenoxy) is 1. The SMILES string of the molecule is CCOC(=O)C(C)=C[C@@H](C(C)C)N(C)C(=O)[C@@H](NC(=O)[C@@H](NC)C(C)(C)c1ccccc1)C(C)(C)C. The van der Waals surface area contributed by atoms with Gasteiger partial charge in [0.1, 0.15) is 6.04 Å². The van der Waals surface area contributed by atoms with Crippen LogP contribution in [-0.4, -0.2) is 61.5 Å². The summed E-state index contributed by atoms with van der Waals surface area (Å²) in [6.45, 7) is 17.6. The van der Waals surface area contributed by atoms with Gasteiger partial charge in [0.25, 0.3) is 0 Å². The topological polar surface area (TPSA) is 87.7 Å². The van der Waals surface area contributed by atoms with Crippen LogP contribution >= 0.6 is 0 Å². The van der Waals surface area contributed by atoms with Gasteiger partial charge >= 0.3 is 5.97 Å². The van der Waals surface area contributed by atoms with E-state index < -0.39 is 28.9 Å². The van der Waals surface area contributed by atoms with Crippen molar-refractivity contribution in [3.8, 4) is 0 Å². The molecule has 0 aliphatic rings. The van der Waals surface area contributed by atoms with Crippen molar-refractivity contribution in [3.63, 3.8) is 0 Å². The number of hydrogen-bond donors (Lipinski definition) is 2. The molecule has 36 heavy (non-hydrogen) atoms. The molecule has 1 rings (SSSR count). The van der Waals surface area contributed by atoms with E-state index in [1.165, 1.54) is 0 Å². The van der Waals surface area contributed by atoms with Crippen molar-refractivity contribution in [1.29, 1.82) is 0 Å². The highest BCUT2D eigenvalue weighted by molar-refractivity contribution is 5.92.